The first kappa shape index (κ1) is 22.4. The summed E-state index contributed by atoms with van der Waals surface area (Å²) in [5.41, 5.74) is 2.83. The van der Waals surface area contributed by atoms with E-state index in [1.165, 1.54) is 29.9 Å². The molecule has 178 valence electrons. The molecular weight excluding hydrogens is 432 g/mol. The number of ether oxygens (including phenoxy) is 1. The molecule has 2 amide bonds. The van der Waals surface area contributed by atoms with E-state index in [0.29, 0.717) is 12.8 Å². The number of hydrogen-bond donors (Lipinski definition) is 2. The maximum absolute atomic E-state index is 13.1. The molecule has 0 spiro atoms. The third-order valence-electron chi connectivity index (χ3n) is 8.17. The van der Waals surface area contributed by atoms with Gasteiger partial charge in [0, 0.05) is 19.0 Å². The fourth-order valence-electron chi connectivity index (χ4n) is 5.80. The molecule has 0 aromatic heterocycles. The number of carbonyl (C=O) groups excluding carboxylic acids is 2. The van der Waals surface area contributed by atoms with E-state index in [2.05, 4.69) is 29.6 Å². The zero-order chi connectivity index (χ0) is 24.3. The Balaban J connectivity index is 1.20. The first-order valence-electron chi connectivity index (χ1n) is 11.8. The Morgan fingerprint density at radius 2 is 1.65 bits per heavy atom. The number of fused-ring (bicyclic) bond motifs is 4. The Kier molecular flexibility index (Phi) is 5.19. The maximum atomic E-state index is 13.1. The lowest BCUT2D eigenvalue weighted by Crippen LogP contribution is -2.53. The minimum Gasteiger partial charge on any atom is -0.480 e. The zero-order valence-corrected chi connectivity index (χ0v) is 19.7. The first-order valence-corrected chi connectivity index (χ1v) is 11.8. The number of likely N-dealkylation sites (N-methyl/N-ethyl adjacent to an activating group) is 1. The molecule has 0 radical (unpaired) electrons. The molecule has 7 nitrogen and oxygen atoms in total. The van der Waals surface area contributed by atoms with Gasteiger partial charge in [-0.05, 0) is 61.3 Å². The van der Waals surface area contributed by atoms with Crippen molar-refractivity contribution in [3.05, 3.63) is 59.7 Å². The number of hydrogen-bond acceptors (Lipinski definition) is 4. The van der Waals surface area contributed by atoms with Gasteiger partial charge in [-0.2, -0.15) is 0 Å². The third-order valence-corrected chi connectivity index (χ3v) is 8.17. The highest BCUT2D eigenvalue weighted by molar-refractivity contribution is 5.92. The number of amides is 2. The van der Waals surface area contributed by atoms with E-state index in [0.717, 1.165) is 17.5 Å². The van der Waals surface area contributed by atoms with Crippen LogP contribution in [-0.2, 0) is 14.3 Å². The Morgan fingerprint density at radius 3 is 2.24 bits per heavy atom. The van der Waals surface area contributed by atoms with E-state index < -0.39 is 23.0 Å². The standard InChI is InChI=1S/C27H30N2O5/c1-26(2,24(31)32)29(3)23(30)27-13-16(27)12-17(14-27)28-25(33)34-15-22-20-10-6-4-8-18(20)19-9-5-7-11-21(19)22/h4-11,16-17,22H,12-15H2,1-3H3,(H,28,33)(H,31,32)/t16-,17+,27+/m1/s1. The normalized spacial score (nSPS) is 24.6. The second-order valence-corrected chi connectivity index (χ2v) is 10.4. The summed E-state index contributed by atoms with van der Waals surface area (Å²) in [4.78, 5) is 38.7. The van der Waals surface area contributed by atoms with Gasteiger partial charge in [-0.15, -0.1) is 0 Å². The van der Waals surface area contributed by atoms with Gasteiger partial charge in [0.15, 0.2) is 0 Å². The van der Waals surface area contributed by atoms with Crippen molar-refractivity contribution in [2.45, 2.75) is 50.6 Å². The number of benzene rings is 2. The lowest BCUT2D eigenvalue weighted by atomic mass is 9.96. The van der Waals surface area contributed by atoms with E-state index in [-0.39, 0.29) is 30.4 Å². The summed E-state index contributed by atoms with van der Waals surface area (Å²) in [6, 6.07) is 16.2. The molecule has 34 heavy (non-hydrogen) atoms. The zero-order valence-electron chi connectivity index (χ0n) is 19.7. The van der Waals surface area contributed by atoms with Gasteiger partial charge in [0.1, 0.15) is 12.1 Å². The van der Waals surface area contributed by atoms with Crippen LogP contribution in [0.25, 0.3) is 11.1 Å². The van der Waals surface area contributed by atoms with Crippen LogP contribution in [-0.4, -0.2) is 53.2 Å². The summed E-state index contributed by atoms with van der Waals surface area (Å²) in [5.74, 6) is -1.02. The third kappa shape index (κ3) is 3.45. The maximum Gasteiger partial charge on any atom is 0.407 e. The van der Waals surface area contributed by atoms with Crippen molar-refractivity contribution in [1.82, 2.24) is 10.2 Å². The Hall–Kier alpha value is -3.35. The van der Waals surface area contributed by atoms with Gasteiger partial charge in [0.25, 0.3) is 0 Å². The number of aliphatic carboxylic acids is 1. The van der Waals surface area contributed by atoms with Crippen molar-refractivity contribution >= 4 is 18.0 Å². The Labute approximate surface area is 199 Å². The number of nitrogens with one attached hydrogen (secondary N) is 1. The number of carboxylic acid groups (broad SMARTS) is 1. The van der Waals surface area contributed by atoms with Crippen LogP contribution in [0.15, 0.2) is 48.5 Å². The molecule has 0 aliphatic heterocycles. The SMILES string of the molecule is CN(C(=O)[C@@]12C[C@@H](NC(=O)OCC3c4ccccc4-c4ccccc43)C[C@@H]1C2)C(C)(C)C(=O)O. The predicted octanol–water partition coefficient (Wildman–Crippen LogP) is 4.02. The number of nitrogens with zero attached hydrogens (tertiary/aromatic N) is 1. The molecule has 2 aromatic carbocycles. The van der Waals surface area contributed by atoms with Gasteiger partial charge in [0.05, 0.1) is 5.41 Å². The molecule has 3 aliphatic carbocycles. The summed E-state index contributed by atoms with van der Waals surface area (Å²) in [5, 5.41) is 12.4. The van der Waals surface area contributed by atoms with Gasteiger partial charge in [0.2, 0.25) is 5.91 Å². The van der Waals surface area contributed by atoms with Crippen molar-refractivity contribution < 1.29 is 24.2 Å². The van der Waals surface area contributed by atoms with Crippen LogP contribution in [0, 0.1) is 11.3 Å². The molecule has 0 saturated heterocycles. The lowest BCUT2D eigenvalue weighted by molar-refractivity contribution is -0.157. The monoisotopic (exact) mass is 462 g/mol. The number of carbonyl (C=O) groups is 3. The largest absolute Gasteiger partial charge is 0.480 e. The van der Waals surface area contributed by atoms with Crippen LogP contribution in [0.2, 0.25) is 0 Å². The van der Waals surface area contributed by atoms with Crippen LogP contribution in [0.5, 0.6) is 0 Å². The number of alkyl carbamates (subject to hydrolysis) is 1. The highest BCUT2D eigenvalue weighted by atomic mass is 16.5. The van der Waals surface area contributed by atoms with Crippen LogP contribution in [0.4, 0.5) is 4.79 Å². The second-order valence-electron chi connectivity index (χ2n) is 10.4. The second kappa shape index (κ2) is 7.86. The van der Waals surface area contributed by atoms with Crippen molar-refractivity contribution in [3.63, 3.8) is 0 Å². The minimum absolute atomic E-state index is 0.00468. The molecule has 3 aliphatic rings. The molecule has 0 heterocycles. The van der Waals surface area contributed by atoms with Gasteiger partial charge in [-0.3, -0.25) is 4.79 Å². The molecule has 2 N–H and O–H groups in total. The van der Waals surface area contributed by atoms with Gasteiger partial charge >= 0.3 is 12.1 Å². The van der Waals surface area contributed by atoms with E-state index in [9.17, 15) is 19.5 Å². The molecule has 7 heteroatoms. The average Bonchev–Trinajstić information content (AvgIpc) is 3.24. The van der Waals surface area contributed by atoms with Crippen LogP contribution in [0.3, 0.4) is 0 Å². The Bertz CT molecular complexity index is 1130. The molecule has 0 unspecified atom stereocenters. The van der Waals surface area contributed by atoms with Gasteiger partial charge in [-0.25, -0.2) is 9.59 Å². The summed E-state index contributed by atoms with van der Waals surface area (Å²) in [6.07, 6.45) is 1.49. The predicted molar refractivity (Wildman–Crippen MR) is 126 cm³/mol. The van der Waals surface area contributed by atoms with Crippen LogP contribution >= 0.6 is 0 Å². The summed E-state index contributed by atoms with van der Waals surface area (Å²) in [7, 11) is 1.55. The van der Waals surface area contributed by atoms with E-state index >= 15 is 0 Å². The van der Waals surface area contributed by atoms with Crippen LogP contribution in [0.1, 0.15) is 50.2 Å². The van der Waals surface area contributed by atoms with Crippen molar-refractivity contribution in [1.29, 1.82) is 0 Å². The lowest BCUT2D eigenvalue weighted by Gasteiger charge is -2.34. The summed E-state index contributed by atoms with van der Waals surface area (Å²) >= 11 is 0. The topological polar surface area (TPSA) is 95.9 Å². The summed E-state index contributed by atoms with van der Waals surface area (Å²) in [6.45, 7) is 3.31. The molecule has 0 bridgehead atoms. The van der Waals surface area contributed by atoms with Crippen molar-refractivity contribution in [3.8, 4) is 11.1 Å². The van der Waals surface area contributed by atoms with E-state index in [4.69, 9.17) is 4.74 Å². The molecule has 2 aromatic rings. The van der Waals surface area contributed by atoms with Crippen molar-refractivity contribution in [2.75, 3.05) is 13.7 Å². The molecule has 2 fully saturated rings. The van der Waals surface area contributed by atoms with E-state index in [1.54, 1.807) is 7.05 Å². The van der Waals surface area contributed by atoms with Crippen molar-refractivity contribution in [2.24, 2.45) is 11.3 Å². The molecule has 5 rings (SSSR count). The summed E-state index contributed by atoms with van der Waals surface area (Å²) < 4.78 is 5.66. The Morgan fingerprint density at radius 1 is 1.06 bits per heavy atom. The average molecular weight is 463 g/mol. The van der Waals surface area contributed by atoms with Crippen LogP contribution < -0.4 is 5.32 Å². The highest BCUT2D eigenvalue weighted by Crippen LogP contribution is 2.64. The first-order chi connectivity index (χ1) is 16.1. The fraction of sp³-hybridized carbons (Fsp3) is 0.444. The quantitative estimate of drug-likeness (QED) is 0.676. The van der Waals surface area contributed by atoms with Gasteiger partial charge in [-0.1, -0.05) is 48.5 Å². The minimum atomic E-state index is -1.28. The molecule has 3 atom stereocenters. The molecular formula is C27H30N2O5. The number of carboxylic acids is 1. The highest BCUT2D eigenvalue weighted by Gasteiger charge is 2.66. The van der Waals surface area contributed by atoms with Gasteiger partial charge < -0.3 is 20.1 Å². The fourth-order valence-corrected chi connectivity index (χ4v) is 5.80. The van der Waals surface area contributed by atoms with E-state index in [1.807, 2.05) is 24.3 Å². The molecule has 2 saturated carbocycles. The number of rotatable bonds is 6. The smallest absolute Gasteiger partial charge is 0.407 e.